The van der Waals surface area contributed by atoms with Crippen molar-refractivity contribution < 1.29 is 13.5 Å². The van der Waals surface area contributed by atoms with Crippen LogP contribution in [0.25, 0.3) is 0 Å². The SMILES string of the molecule is CC(C)(c1cc(I)cc(I)c1O)S(C)(=O)=O. The van der Waals surface area contributed by atoms with E-state index < -0.39 is 14.6 Å². The molecule has 0 spiro atoms. The van der Waals surface area contributed by atoms with Crippen LogP contribution >= 0.6 is 45.2 Å². The van der Waals surface area contributed by atoms with Gasteiger partial charge in [0, 0.05) is 15.4 Å². The molecule has 0 aliphatic heterocycles. The lowest BCUT2D eigenvalue weighted by atomic mass is 10.0. The van der Waals surface area contributed by atoms with Gasteiger partial charge in [0.1, 0.15) is 5.75 Å². The zero-order valence-corrected chi connectivity index (χ0v) is 14.2. The second kappa shape index (κ2) is 4.60. The highest BCUT2D eigenvalue weighted by Gasteiger charge is 2.35. The first-order chi connectivity index (χ1) is 7.07. The van der Waals surface area contributed by atoms with E-state index in [1.54, 1.807) is 26.0 Å². The molecule has 0 fully saturated rings. The summed E-state index contributed by atoms with van der Waals surface area (Å²) in [6.45, 7) is 3.20. The molecule has 0 bridgehead atoms. The summed E-state index contributed by atoms with van der Waals surface area (Å²) >= 11 is 4.10. The van der Waals surface area contributed by atoms with Crippen LogP contribution in [-0.4, -0.2) is 19.8 Å². The van der Waals surface area contributed by atoms with Crippen LogP contribution in [0.4, 0.5) is 0 Å². The van der Waals surface area contributed by atoms with Gasteiger partial charge in [0.25, 0.3) is 0 Å². The second-order valence-electron chi connectivity index (χ2n) is 4.07. The van der Waals surface area contributed by atoms with Crippen molar-refractivity contribution in [1.82, 2.24) is 0 Å². The van der Waals surface area contributed by atoms with Gasteiger partial charge in [-0.05, 0) is 71.2 Å². The maximum atomic E-state index is 11.7. The van der Waals surface area contributed by atoms with Crippen LogP contribution in [0.2, 0.25) is 0 Å². The molecule has 1 N–H and O–H groups in total. The van der Waals surface area contributed by atoms with Crippen molar-refractivity contribution in [2.75, 3.05) is 6.26 Å². The molecule has 1 aromatic rings. The van der Waals surface area contributed by atoms with Gasteiger partial charge < -0.3 is 5.11 Å². The van der Waals surface area contributed by atoms with Crippen molar-refractivity contribution in [3.63, 3.8) is 0 Å². The van der Waals surface area contributed by atoms with E-state index in [-0.39, 0.29) is 5.75 Å². The molecule has 0 atom stereocenters. The molecular formula is C10H12I2O3S. The van der Waals surface area contributed by atoms with Crippen LogP contribution in [0, 0.1) is 7.14 Å². The number of phenolic OH excluding ortho intramolecular Hbond substituents is 1. The first kappa shape index (κ1) is 14.5. The monoisotopic (exact) mass is 466 g/mol. The number of benzene rings is 1. The maximum absolute atomic E-state index is 11.7. The smallest absolute Gasteiger partial charge is 0.156 e. The quantitative estimate of drug-likeness (QED) is 0.683. The highest BCUT2D eigenvalue weighted by Crippen LogP contribution is 2.38. The molecule has 1 aromatic carbocycles. The van der Waals surface area contributed by atoms with Gasteiger partial charge in [-0.1, -0.05) is 0 Å². The van der Waals surface area contributed by atoms with E-state index in [0.717, 1.165) is 3.57 Å². The fraction of sp³-hybridized carbons (Fsp3) is 0.400. The molecule has 16 heavy (non-hydrogen) atoms. The van der Waals surface area contributed by atoms with Crippen molar-refractivity contribution in [1.29, 1.82) is 0 Å². The average molecular weight is 466 g/mol. The predicted octanol–water partition coefficient (Wildman–Crippen LogP) is 2.88. The van der Waals surface area contributed by atoms with E-state index in [9.17, 15) is 13.5 Å². The molecule has 0 amide bonds. The molecule has 0 aliphatic carbocycles. The van der Waals surface area contributed by atoms with Crippen LogP contribution < -0.4 is 0 Å². The van der Waals surface area contributed by atoms with Crippen molar-refractivity contribution in [2.45, 2.75) is 18.6 Å². The molecule has 0 aliphatic rings. The molecule has 6 heteroatoms. The summed E-state index contributed by atoms with van der Waals surface area (Å²) in [7, 11) is -3.28. The number of hydrogen-bond donors (Lipinski definition) is 1. The topological polar surface area (TPSA) is 54.4 Å². The Kier molecular flexibility index (Phi) is 4.17. The Morgan fingerprint density at radius 1 is 1.25 bits per heavy atom. The summed E-state index contributed by atoms with van der Waals surface area (Å²) < 4.78 is 23.9. The van der Waals surface area contributed by atoms with Crippen LogP contribution in [0.15, 0.2) is 12.1 Å². The molecule has 3 nitrogen and oxygen atoms in total. The summed E-state index contributed by atoms with van der Waals surface area (Å²) in [5, 5.41) is 9.95. The third-order valence-electron chi connectivity index (χ3n) is 2.60. The summed E-state index contributed by atoms with van der Waals surface area (Å²) in [5.41, 5.74) is 0.450. The Bertz CT molecular complexity index is 521. The molecule has 1 rings (SSSR count). The first-order valence-corrected chi connectivity index (χ1v) is 8.50. The molecule has 0 radical (unpaired) electrons. The van der Waals surface area contributed by atoms with Crippen LogP contribution in [0.1, 0.15) is 19.4 Å². The number of sulfone groups is 1. The van der Waals surface area contributed by atoms with Crippen LogP contribution in [-0.2, 0) is 14.6 Å². The van der Waals surface area contributed by atoms with E-state index in [0.29, 0.717) is 9.13 Å². The van der Waals surface area contributed by atoms with Crippen molar-refractivity contribution in [3.8, 4) is 5.75 Å². The molecule has 0 saturated carbocycles. The average Bonchev–Trinajstić information content (AvgIpc) is 2.09. The lowest BCUT2D eigenvalue weighted by Crippen LogP contribution is -2.28. The van der Waals surface area contributed by atoms with E-state index >= 15 is 0 Å². The summed E-state index contributed by atoms with van der Waals surface area (Å²) in [6, 6.07) is 3.51. The Hall–Kier alpha value is 0.430. The Labute approximate surface area is 123 Å². The fourth-order valence-corrected chi connectivity index (χ4v) is 3.62. The van der Waals surface area contributed by atoms with Crippen molar-refractivity contribution in [3.05, 3.63) is 24.8 Å². The Balaban J connectivity index is 3.57. The largest absolute Gasteiger partial charge is 0.506 e. The maximum Gasteiger partial charge on any atom is 0.156 e. The van der Waals surface area contributed by atoms with Gasteiger partial charge in [-0.25, -0.2) is 8.42 Å². The minimum atomic E-state index is -3.28. The Morgan fingerprint density at radius 2 is 1.75 bits per heavy atom. The second-order valence-corrected chi connectivity index (χ2v) is 9.04. The molecule has 0 unspecified atom stereocenters. The van der Waals surface area contributed by atoms with E-state index in [2.05, 4.69) is 22.6 Å². The predicted molar refractivity (Wildman–Crippen MR) is 81.4 cm³/mol. The zero-order chi connectivity index (χ0) is 12.7. The van der Waals surface area contributed by atoms with E-state index in [1.165, 1.54) is 6.26 Å². The van der Waals surface area contributed by atoms with E-state index in [4.69, 9.17) is 0 Å². The van der Waals surface area contributed by atoms with Gasteiger partial charge in [-0.15, -0.1) is 0 Å². The lowest BCUT2D eigenvalue weighted by molar-refractivity contribution is 0.453. The van der Waals surface area contributed by atoms with Gasteiger partial charge in [0.05, 0.1) is 8.32 Å². The van der Waals surface area contributed by atoms with E-state index in [1.807, 2.05) is 22.6 Å². The highest BCUT2D eigenvalue weighted by molar-refractivity contribution is 14.1. The normalized spacial score (nSPS) is 12.8. The molecule has 0 saturated heterocycles. The van der Waals surface area contributed by atoms with Crippen molar-refractivity contribution >= 4 is 55.0 Å². The zero-order valence-electron chi connectivity index (χ0n) is 9.08. The Morgan fingerprint density at radius 3 is 2.19 bits per heavy atom. The fourth-order valence-electron chi connectivity index (χ4n) is 1.22. The van der Waals surface area contributed by atoms with Crippen molar-refractivity contribution in [2.24, 2.45) is 0 Å². The van der Waals surface area contributed by atoms with Crippen LogP contribution in [0.3, 0.4) is 0 Å². The van der Waals surface area contributed by atoms with Gasteiger partial charge in [0.15, 0.2) is 9.84 Å². The van der Waals surface area contributed by atoms with Gasteiger partial charge in [-0.3, -0.25) is 0 Å². The summed E-state index contributed by atoms with van der Waals surface area (Å²) in [4.78, 5) is 0. The molecular weight excluding hydrogens is 454 g/mol. The highest BCUT2D eigenvalue weighted by atomic mass is 127. The van der Waals surface area contributed by atoms with Gasteiger partial charge >= 0.3 is 0 Å². The van der Waals surface area contributed by atoms with Crippen LogP contribution in [0.5, 0.6) is 5.75 Å². The van der Waals surface area contributed by atoms with Gasteiger partial charge in [0.2, 0.25) is 0 Å². The lowest BCUT2D eigenvalue weighted by Gasteiger charge is -2.24. The summed E-state index contributed by atoms with van der Waals surface area (Å²) in [5.74, 6) is 0.0523. The number of aromatic hydroxyl groups is 1. The third kappa shape index (κ3) is 2.63. The third-order valence-corrected chi connectivity index (χ3v) is 6.12. The molecule has 0 heterocycles. The number of hydrogen-bond acceptors (Lipinski definition) is 3. The molecule has 0 aromatic heterocycles. The number of phenols is 1. The first-order valence-electron chi connectivity index (χ1n) is 4.45. The van der Waals surface area contributed by atoms with Gasteiger partial charge in [-0.2, -0.15) is 0 Å². The number of halogens is 2. The standard InChI is InChI=1S/C10H12I2O3S/c1-10(2,16(3,14)15)7-4-6(11)5-8(12)9(7)13/h4-5,13H,1-3H3. The minimum absolute atomic E-state index is 0.0523. The number of rotatable bonds is 2. The molecule has 90 valence electrons. The minimum Gasteiger partial charge on any atom is -0.506 e. The summed E-state index contributed by atoms with van der Waals surface area (Å²) in [6.07, 6.45) is 1.18.